The molecule has 2 N–H and O–H groups in total. The van der Waals surface area contributed by atoms with Crippen molar-refractivity contribution in [2.75, 3.05) is 6.54 Å². The van der Waals surface area contributed by atoms with E-state index in [4.69, 9.17) is 9.41 Å². The van der Waals surface area contributed by atoms with Crippen LogP contribution in [0.3, 0.4) is 0 Å². The fourth-order valence-electron chi connectivity index (χ4n) is 5.30. The van der Waals surface area contributed by atoms with Crippen molar-refractivity contribution < 1.29 is 4.42 Å². The van der Waals surface area contributed by atoms with Gasteiger partial charge in [-0.3, -0.25) is 4.90 Å². The quantitative estimate of drug-likeness (QED) is 0.217. The molecule has 3 heterocycles. The number of halogens is 1. The van der Waals surface area contributed by atoms with Gasteiger partial charge in [-0.15, -0.1) is 24.0 Å². The summed E-state index contributed by atoms with van der Waals surface area (Å²) in [6, 6.07) is 27.1. The molecule has 5 rings (SSSR count). The minimum Gasteiger partial charge on any atom is -0.469 e. The third-order valence-electron chi connectivity index (χ3n) is 6.94. The number of nitrogens with one attached hydrogen (secondary N) is 2. The minimum atomic E-state index is 0. The molecule has 2 atom stereocenters. The highest BCUT2D eigenvalue weighted by Crippen LogP contribution is 2.36. The Balaban J connectivity index is 0.00000274. The smallest absolute Gasteiger partial charge is 0.191 e. The van der Waals surface area contributed by atoms with E-state index in [2.05, 4.69) is 70.1 Å². The molecule has 180 valence electrons. The summed E-state index contributed by atoms with van der Waals surface area (Å²) in [5, 5.41) is 7.32. The number of fused-ring (bicyclic) bond motifs is 2. The maximum absolute atomic E-state index is 5.49. The summed E-state index contributed by atoms with van der Waals surface area (Å²) in [6.07, 6.45) is 7.54. The van der Waals surface area contributed by atoms with Gasteiger partial charge in [0.2, 0.25) is 0 Å². The van der Waals surface area contributed by atoms with Crippen molar-refractivity contribution in [2.45, 2.75) is 63.3 Å². The second kappa shape index (κ2) is 12.4. The number of guanidine groups is 1. The molecular formula is C28H35IN4O. The van der Waals surface area contributed by atoms with E-state index < -0.39 is 0 Å². The predicted molar refractivity (Wildman–Crippen MR) is 148 cm³/mol. The molecule has 2 aliphatic rings. The number of piperidine rings is 1. The average Bonchev–Trinajstić information content (AvgIpc) is 3.44. The maximum Gasteiger partial charge on any atom is 0.191 e. The van der Waals surface area contributed by atoms with Crippen LogP contribution in [-0.2, 0) is 19.5 Å². The molecule has 5 nitrogen and oxygen atoms in total. The highest BCUT2D eigenvalue weighted by atomic mass is 127. The molecule has 34 heavy (non-hydrogen) atoms. The van der Waals surface area contributed by atoms with Gasteiger partial charge in [0, 0.05) is 37.6 Å². The van der Waals surface area contributed by atoms with Crippen LogP contribution in [0.2, 0.25) is 0 Å². The van der Waals surface area contributed by atoms with Gasteiger partial charge in [-0.2, -0.15) is 0 Å². The van der Waals surface area contributed by atoms with Crippen LogP contribution in [0.15, 0.2) is 88.5 Å². The van der Waals surface area contributed by atoms with Gasteiger partial charge in [0.05, 0.1) is 12.8 Å². The Labute approximate surface area is 220 Å². The fourth-order valence-corrected chi connectivity index (χ4v) is 5.30. The Morgan fingerprint density at radius 3 is 2.21 bits per heavy atom. The molecule has 0 aliphatic carbocycles. The van der Waals surface area contributed by atoms with E-state index in [-0.39, 0.29) is 24.0 Å². The summed E-state index contributed by atoms with van der Waals surface area (Å²) in [7, 11) is 0. The van der Waals surface area contributed by atoms with Gasteiger partial charge < -0.3 is 15.1 Å². The van der Waals surface area contributed by atoms with Crippen LogP contribution in [0.1, 0.15) is 42.6 Å². The lowest BCUT2D eigenvalue weighted by Crippen LogP contribution is -2.52. The minimum absolute atomic E-state index is 0. The largest absolute Gasteiger partial charge is 0.469 e. The van der Waals surface area contributed by atoms with Gasteiger partial charge in [0.25, 0.3) is 0 Å². The molecule has 2 saturated heterocycles. The first-order chi connectivity index (χ1) is 16.3. The van der Waals surface area contributed by atoms with E-state index >= 15 is 0 Å². The molecule has 1 aromatic heterocycles. The zero-order valence-corrected chi connectivity index (χ0v) is 21.9. The molecule has 2 aromatic carbocycles. The maximum atomic E-state index is 5.49. The SMILES string of the molecule is I.c1ccc(CN=C(NCCc2ccco2)NC2CC3CCC(C2)N3Cc2ccccc2)cc1. The highest BCUT2D eigenvalue weighted by molar-refractivity contribution is 14.0. The fraction of sp³-hybridized carbons (Fsp3) is 0.393. The number of hydrogen-bond acceptors (Lipinski definition) is 3. The van der Waals surface area contributed by atoms with Gasteiger partial charge >= 0.3 is 0 Å². The monoisotopic (exact) mass is 570 g/mol. The number of aliphatic imine (C=N–C) groups is 1. The van der Waals surface area contributed by atoms with Crippen LogP contribution in [0, 0.1) is 0 Å². The summed E-state index contributed by atoms with van der Waals surface area (Å²) in [5.41, 5.74) is 2.65. The zero-order valence-electron chi connectivity index (χ0n) is 19.6. The topological polar surface area (TPSA) is 52.8 Å². The lowest BCUT2D eigenvalue weighted by atomic mass is 9.96. The number of rotatable bonds is 8. The Hall–Kier alpha value is -2.32. The van der Waals surface area contributed by atoms with Crippen LogP contribution >= 0.6 is 24.0 Å². The van der Waals surface area contributed by atoms with Crippen molar-refractivity contribution in [3.05, 3.63) is 95.9 Å². The number of nitrogens with zero attached hydrogens (tertiary/aromatic N) is 2. The Morgan fingerprint density at radius 1 is 0.882 bits per heavy atom. The Kier molecular flexibility index (Phi) is 9.04. The first-order valence-corrected chi connectivity index (χ1v) is 12.2. The first-order valence-electron chi connectivity index (χ1n) is 12.2. The summed E-state index contributed by atoms with van der Waals surface area (Å²) in [5.74, 6) is 1.91. The number of benzene rings is 2. The van der Waals surface area contributed by atoms with Gasteiger partial charge in [-0.05, 0) is 48.9 Å². The van der Waals surface area contributed by atoms with Crippen molar-refractivity contribution in [2.24, 2.45) is 4.99 Å². The molecule has 0 saturated carbocycles. The Morgan fingerprint density at radius 2 is 1.56 bits per heavy atom. The molecule has 2 fully saturated rings. The van der Waals surface area contributed by atoms with E-state index in [0.717, 1.165) is 31.2 Å². The van der Waals surface area contributed by atoms with Crippen LogP contribution < -0.4 is 10.6 Å². The van der Waals surface area contributed by atoms with E-state index in [1.165, 1.54) is 36.8 Å². The molecule has 0 radical (unpaired) electrons. The third-order valence-corrected chi connectivity index (χ3v) is 6.94. The molecule has 6 heteroatoms. The first kappa shape index (κ1) is 24.8. The van der Waals surface area contributed by atoms with E-state index in [1.807, 2.05) is 18.2 Å². The average molecular weight is 571 g/mol. The van der Waals surface area contributed by atoms with Crippen LogP contribution in [0.5, 0.6) is 0 Å². The summed E-state index contributed by atoms with van der Waals surface area (Å²) in [6.45, 7) is 2.55. The lowest BCUT2D eigenvalue weighted by molar-refractivity contribution is 0.114. The third kappa shape index (κ3) is 6.63. The van der Waals surface area contributed by atoms with Gasteiger partial charge in [0.1, 0.15) is 5.76 Å². The van der Waals surface area contributed by atoms with Crippen LogP contribution in [0.25, 0.3) is 0 Å². The molecule has 2 unspecified atom stereocenters. The van der Waals surface area contributed by atoms with E-state index in [9.17, 15) is 0 Å². The standard InChI is InChI=1S/C28H34N4O.HI/c1-3-8-22(9-4-1)20-30-28(29-16-15-27-12-7-17-33-27)31-24-18-25-13-14-26(19-24)32(25)21-23-10-5-2-6-11-23;/h1-12,17,24-26H,13-16,18-21H2,(H2,29,30,31);1H. The molecule has 2 bridgehead atoms. The number of hydrogen-bond donors (Lipinski definition) is 2. The van der Waals surface area contributed by atoms with Crippen molar-refractivity contribution in [1.82, 2.24) is 15.5 Å². The summed E-state index contributed by atoms with van der Waals surface area (Å²) >= 11 is 0. The predicted octanol–water partition coefficient (Wildman–Crippen LogP) is 5.37. The zero-order chi connectivity index (χ0) is 22.3. The summed E-state index contributed by atoms with van der Waals surface area (Å²) in [4.78, 5) is 7.65. The second-order valence-corrected chi connectivity index (χ2v) is 9.26. The molecular weight excluding hydrogens is 535 g/mol. The van der Waals surface area contributed by atoms with E-state index in [0.29, 0.717) is 24.7 Å². The summed E-state index contributed by atoms with van der Waals surface area (Å²) < 4.78 is 5.49. The molecule has 0 amide bonds. The van der Waals surface area contributed by atoms with Crippen molar-refractivity contribution >= 4 is 29.9 Å². The molecule has 2 aliphatic heterocycles. The normalized spacial score (nSPS) is 22.2. The van der Waals surface area contributed by atoms with Crippen molar-refractivity contribution in [3.63, 3.8) is 0 Å². The van der Waals surface area contributed by atoms with Crippen molar-refractivity contribution in [3.8, 4) is 0 Å². The van der Waals surface area contributed by atoms with Crippen LogP contribution in [0.4, 0.5) is 0 Å². The van der Waals surface area contributed by atoms with Gasteiger partial charge in [-0.1, -0.05) is 60.7 Å². The van der Waals surface area contributed by atoms with Gasteiger partial charge in [-0.25, -0.2) is 4.99 Å². The van der Waals surface area contributed by atoms with Crippen molar-refractivity contribution in [1.29, 1.82) is 0 Å². The Bertz CT molecular complexity index is 995. The molecule has 3 aromatic rings. The lowest BCUT2D eigenvalue weighted by Gasteiger charge is -2.39. The highest BCUT2D eigenvalue weighted by Gasteiger charge is 2.40. The second-order valence-electron chi connectivity index (χ2n) is 9.26. The van der Waals surface area contributed by atoms with E-state index in [1.54, 1.807) is 6.26 Å². The van der Waals surface area contributed by atoms with Gasteiger partial charge in [0.15, 0.2) is 5.96 Å². The molecule has 0 spiro atoms. The number of furan rings is 1. The van der Waals surface area contributed by atoms with Crippen LogP contribution in [-0.4, -0.2) is 35.5 Å².